The minimum absolute atomic E-state index is 0.000520. The van der Waals surface area contributed by atoms with E-state index in [1.807, 2.05) is 29.2 Å². The normalized spacial score (nSPS) is 16.3. The molecule has 2 aromatic rings. The largest absolute Gasteiger partial charge is 0.311 e. The lowest BCUT2D eigenvalue weighted by molar-refractivity contribution is -0.121. The van der Waals surface area contributed by atoms with Crippen molar-refractivity contribution in [2.24, 2.45) is 0 Å². The average molecular weight is 381 g/mol. The first-order valence-electron chi connectivity index (χ1n) is 9.50. The van der Waals surface area contributed by atoms with E-state index in [0.717, 1.165) is 29.1 Å². The molecule has 4 rings (SSSR count). The summed E-state index contributed by atoms with van der Waals surface area (Å²) < 4.78 is 0. The summed E-state index contributed by atoms with van der Waals surface area (Å²) in [5.41, 5.74) is 4.39. The quantitative estimate of drug-likeness (QED) is 0.800. The van der Waals surface area contributed by atoms with Crippen molar-refractivity contribution in [2.45, 2.75) is 37.5 Å². The van der Waals surface area contributed by atoms with Gasteiger partial charge in [0, 0.05) is 17.1 Å². The van der Waals surface area contributed by atoms with Crippen molar-refractivity contribution in [1.29, 1.82) is 0 Å². The minimum atomic E-state index is -0.0108. The molecule has 0 atom stereocenters. The number of nitrogens with zero attached hydrogens (tertiary/aromatic N) is 2. The van der Waals surface area contributed by atoms with Crippen molar-refractivity contribution in [3.8, 4) is 0 Å². The Bertz CT molecular complexity index is 894. The van der Waals surface area contributed by atoms with E-state index in [0.29, 0.717) is 18.2 Å². The molecule has 2 heterocycles. The molecule has 0 fully saturated rings. The van der Waals surface area contributed by atoms with E-state index >= 15 is 0 Å². The van der Waals surface area contributed by atoms with Crippen molar-refractivity contribution >= 4 is 35.0 Å². The number of anilines is 2. The van der Waals surface area contributed by atoms with Gasteiger partial charge >= 0.3 is 0 Å². The van der Waals surface area contributed by atoms with Gasteiger partial charge in [-0.2, -0.15) is 0 Å². The highest BCUT2D eigenvalue weighted by molar-refractivity contribution is 8.00. The number of carbonyl (C=O) groups is 2. The zero-order chi connectivity index (χ0) is 19.0. The molecule has 0 aliphatic carbocycles. The summed E-state index contributed by atoms with van der Waals surface area (Å²) >= 11 is 1.54. The SMILES string of the molecule is CC(C)c1ccc2c(c1)CCCN2C(=O)CN1C(=O)CSc2ccccc21. The van der Waals surface area contributed by atoms with Crippen LogP contribution in [0.5, 0.6) is 0 Å². The fourth-order valence-corrected chi connectivity index (χ4v) is 4.72. The monoisotopic (exact) mass is 380 g/mol. The van der Waals surface area contributed by atoms with E-state index < -0.39 is 0 Å². The Morgan fingerprint density at radius 2 is 1.96 bits per heavy atom. The molecule has 0 radical (unpaired) electrons. The number of aryl methyl sites for hydroxylation is 1. The minimum Gasteiger partial charge on any atom is -0.311 e. The summed E-state index contributed by atoms with van der Waals surface area (Å²) in [5, 5.41) is 0. The standard InChI is InChI=1S/C22H24N2O2S/c1-15(2)16-9-10-18-17(12-16)6-5-11-23(18)21(25)13-24-19-7-3-4-8-20(19)27-14-22(24)26/h3-4,7-10,12,15H,5-6,11,13-14H2,1-2H3. The number of carbonyl (C=O) groups excluding carboxylic acids is 2. The molecule has 0 saturated carbocycles. The first-order chi connectivity index (χ1) is 13.0. The number of benzene rings is 2. The molecule has 27 heavy (non-hydrogen) atoms. The van der Waals surface area contributed by atoms with Crippen molar-refractivity contribution in [3.63, 3.8) is 0 Å². The number of thioether (sulfide) groups is 1. The van der Waals surface area contributed by atoms with Crippen LogP contribution < -0.4 is 9.80 Å². The second-order valence-corrected chi connectivity index (χ2v) is 8.45. The maximum atomic E-state index is 13.1. The molecule has 2 amide bonds. The van der Waals surface area contributed by atoms with Crippen molar-refractivity contribution < 1.29 is 9.59 Å². The zero-order valence-corrected chi connectivity index (χ0v) is 16.6. The average Bonchev–Trinajstić information content (AvgIpc) is 2.69. The molecule has 0 saturated heterocycles. The van der Waals surface area contributed by atoms with Gasteiger partial charge in [0.15, 0.2) is 0 Å². The number of para-hydroxylation sites is 1. The Morgan fingerprint density at radius 3 is 2.78 bits per heavy atom. The van der Waals surface area contributed by atoms with Crippen LogP contribution in [0.15, 0.2) is 47.4 Å². The van der Waals surface area contributed by atoms with E-state index in [1.165, 1.54) is 22.9 Å². The third-order valence-corrected chi connectivity index (χ3v) is 6.34. The number of amides is 2. The lowest BCUT2D eigenvalue weighted by atomic mass is 9.94. The van der Waals surface area contributed by atoms with Gasteiger partial charge in [0.1, 0.15) is 6.54 Å². The Hall–Kier alpha value is -2.27. The molecular weight excluding hydrogens is 356 g/mol. The van der Waals surface area contributed by atoms with E-state index in [4.69, 9.17) is 0 Å². The Kier molecular flexibility index (Phi) is 4.96. The Labute approximate surface area is 164 Å². The number of hydrogen-bond donors (Lipinski definition) is 0. The van der Waals surface area contributed by atoms with Crippen LogP contribution in [0.2, 0.25) is 0 Å². The zero-order valence-electron chi connectivity index (χ0n) is 15.8. The summed E-state index contributed by atoms with van der Waals surface area (Å²) in [6.07, 6.45) is 1.96. The smallest absolute Gasteiger partial charge is 0.247 e. The van der Waals surface area contributed by atoms with Gasteiger partial charge in [-0.1, -0.05) is 38.1 Å². The van der Waals surface area contributed by atoms with Gasteiger partial charge < -0.3 is 9.80 Å². The molecule has 5 heteroatoms. The van der Waals surface area contributed by atoms with Gasteiger partial charge in [-0.15, -0.1) is 11.8 Å². The second-order valence-electron chi connectivity index (χ2n) is 7.43. The predicted molar refractivity (Wildman–Crippen MR) is 111 cm³/mol. The van der Waals surface area contributed by atoms with Gasteiger partial charge in [0.05, 0.1) is 11.4 Å². The molecule has 0 spiro atoms. The first kappa shape index (κ1) is 18.1. The number of rotatable bonds is 3. The highest BCUT2D eigenvalue weighted by Gasteiger charge is 2.30. The van der Waals surface area contributed by atoms with Crippen LogP contribution in [0, 0.1) is 0 Å². The van der Waals surface area contributed by atoms with Gasteiger partial charge in [-0.05, 0) is 48.1 Å². The van der Waals surface area contributed by atoms with Gasteiger partial charge in [0.25, 0.3) is 0 Å². The van der Waals surface area contributed by atoms with Crippen LogP contribution in [-0.4, -0.2) is 30.7 Å². The van der Waals surface area contributed by atoms with Crippen molar-refractivity contribution in [1.82, 2.24) is 0 Å². The molecule has 140 valence electrons. The fourth-order valence-electron chi connectivity index (χ4n) is 3.78. The first-order valence-corrected chi connectivity index (χ1v) is 10.5. The summed E-state index contributed by atoms with van der Waals surface area (Å²) in [4.78, 5) is 30.2. The van der Waals surface area contributed by atoms with Crippen LogP contribution in [0.4, 0.5) is 11.4 Å². The van der Waals surface area contributed by atoms with E-state index in [1.54, 1.807) is 4.90 Å². The van der Waals surface area contributed by atoms with Crippen LogP contribution >= 0.6 is 11.8 Å². The van der Waals surface area contributed by atoms with Crippen molar-refractivity contribution in [3.05, 3.63) is 53.6 Å². The topological polar surface area (TPSA) is 40.6 Å². The Morgan fingerprint density at radius 1 is 1.15 bits per heavy atom. The van der Waals surface area contributed by atoms with Crippen LogP contribution in [0.25, 0.3) is 0 Å². The van der Waals surface area contributed by atoms with E-state index in [2.05, 4.69) is 32.0 Å². The summed E-state index contributed by atoms with van der Waals surface area (Å²) in [6.45, 7) is 5.18. The summed E-state index contributed by atoms with van der Waals surface area (Å²) in [5.74, 6) is 0.850. The van der Waals surface area contributed by atoms with Crippen LogP contribution in [0.3, 0.4) is 0 Å². The molecule has 2 aliphatic heterocycles. The van der Waals surface area contributed by atoms with Crippen LogP contribution in [-0.2, 0) is 16.0 Å². The highest BCUT2D eigenvalue weighted by Crippen LogP contribution is 2.35. The third kappa shape index (κ3) is 3.48. The summed E-state index contributed by atoms with van der Waals surface area (Å²) in [7, 11) is 0. The Balaban J connectivity index is 1.59. The molecule has 0 N–H and O–H groups in total. The maximum absolute atomic E-state index is 13.1. The van der Waals surface area contributed by atoms with Gasteiger partial charge in [-0.25, -0.2) is 0 Å². The fraction of sp³-hybridized carbons (Fsp3) is 0.364. The number of fused-ring (bicyclic) bond motifs is 2. The molecule has 2 aromatic carbocycles. The molecule has 0 unspecified atom stereocenters. The molecule has 4 nitrogen and oxygen atoms in total. The molecule has 0 aromatic heterocycles. The van der Waals surface area contributed by atoms with Crippen molar-refractivity contribution in [2.75, 3.05) is 28.6 Å². The highest BCUT2D eigenvalue weighted by atomic mass is 32.2. The van der Waals surface area contributed by atoms with Gasteiger partial charge in [-0.3, -0.25) is 9.59 Å². The third-order valence-electron chi connectivity index (χ3n) is 5.29. The lowest BCUT2D eigenvalue weighted by Crippen LogP contribution is -2.46. The number of hydrogen-bond acceptors (Lipinski definition) is 3. The maximum Gasteiger partial charge on any atom is 0.247 e. The predicted octanol–water partition coefficient (Wildman–Crippen LogP) is 4.23. The van der Waals surface area contributed by atoms with E-state index in [9.17, 15) is 9.59 Å². The molecular formula is C22H24N2O2S. The summed E-state index contributed by atoms with van der Waals surface area (Å²) in [6, 6.07) is 14.2. The van der Waals surface area contributed by atoms with E-state index in [-0.39, 0.29) is 18.4 Å². The molecule has 2 aliphatic rings. The lowest BCUT2D eigenvalue weighted by Gasteiger charge is -2.34. The van der Waals surface area contributed by atoms with Crippen LogP contribution in [0.1, 0.15) is 37.3 Å². The second kappa shape index (κ2) is 7.39. The van der Waals surface area contributed by atoms with Gasteiger partial charge in [0.2, 0.25) is 11.8 Å². The molecule has 0 bridgehead atoms.